The first kappa shape index (κ1) is 20.2. The highest BCUT2D eigenvalue weighted by molar-refractivity contribution is 8.24. The van der Waals surface area contributed by atoms with E-state index in [9.17, 15) is 14.4 Å². The fraction of sp³-hybridized carbons (Fsp3) is 0.211. The second-order valence-electron chi connectivity index (χ2n) is 6.60. The van der Waals surface area contributed by atoms with Gasteiger partial charge in [0.25, 0.3) is 0 Å². The second kappa shape index (κ2) is 8.26. The molecule has 9 heteroatoms. The van der Waals surface area contributed by atoms with Gasteiger partial charge in [-0.1, -0.05) is 60.4 Å². The van der Waals surface area contributed by atoms with Crippen LogP contribution in [0.3, 0.4) is 0 Å². The number of amides is 2. The fourth-order valence-electron chi connectivity index (χ4n) is 2.74. The minimum Gasteiger partial charge on any atom is -0.306 e. The van der Waals surface area contributed by atoms with Crippen LogP contribution < -0.4 is 5.32 Å². The van der Waals surface area contributed by atoms with Crippen molar-refractivity contribution in [2.75, 3.05) is 5.32 Å². The van der Waals surface area contributed by atoms with E-state index in [1.165, 1.54) is 29.1 Å². The van der Waals surface area contributed by atoms with Crippen molar-refractivity contribution in [2.24, 2.45) is 5.10 Å². The lowest BCUT2D eigenvalue weighted by atomic mass is 10.1. The van der Waals surface area contributed by atoms with Crippen molar-refractivity contribution in [1.29, 1.82) is 0 Å². The van der Waals surface area contributed by atoms with Crippen LogP contribution >= 0.6 is 24.0 Å². The number of benzene rings is 2. The number of hydrazone groups is 1. The number of urea groups is 1. The molecule has 1 atom stereocenters. The van der Waals surface area contributed by atoms with Gasteiger partial charge >= 0.3 is 6.03 Å². The standard InChI is InChI=1S/C19H19FN4O2S2/c1-19(2)16(24(26)17(25)22-14-9-4-3-5-10-14)23(18(27)28-19)21-12-13-8-6-7-11-15(13)20/h3-12,16,26H,1-2H3,(H,22,25). The molecule has 146 valence electrons. The maximum atomic E-state index is 13.9. The maximum Gasteiger partial charge on any atom is 0.347 e. The van der Waals surface area contributed by atoms with Crippen molar-refractivity contribution in [1.82, 2.24) is 10.1 Å². The zero-order chi connectivity index (χ0) is 20.3. The van der Waals surface area contributed by atoms with E-state index in [1.807, 2.05) is 19.9 Å². The number of hydrogen-bond donors (Lipinski definition) is 2. The summed E-state index contributed by atoms with van der Waals surface area (Å²) in [6.07, 6.45) is 0.441. The lowest BCUT2D eigenvalue weighted by Gasteiger charge is -2.34. The van der Waals surface area contributed by atoms with Crippen molar-refractivity contribution < 1.29 is 14.4 Å². The van der Waals surface area contributed by atoms with E-state index >= 15 is 0 Å². The summed E-state index contributed by atoms with van der Waals surface area (Å²) in [5.41, 5.74) is 0.816. The number of thioether (sulfide) groups is 1. The summed E-state index contributed by atoms with van der Waals surface area (Å²) >= 11 is 6.66. The molecule has 1 heterocycles. The van der Waals surface area contributed by atoms with Gasteiger partial charge in [0, 0.05) is 11.3 Å². The minimum absolute atomic E-state index is 0.275. The van der Waals surface area contributed by atoms with Crippen molar-refractivity contribution in [3.05, 3.63) is 66.0 Å². The predicted octanol–water partition coefficient (Wildman–Crippen LogP) is 4.52. The molecule has 0 aromatic heterocycles. The normalized spacial score (nSPS) is 18.5. The van der Waals surface area contributed by atoms with E-state index in [-0.39, 0.29) is 5.56 Å². The molecular formula is C19H19FN4O2S2. The van der Waals surface area contributed by atoms with Crippen LogP contribution in [0.1, 0.15) is 19.4 Å². The Morgan fingerprint density at radius 3 is 2.61 bits per heavy atom. The zero-order valence-electron chi connectivity index (χ0n) is 15.2. The van der Waals surface area contributed by atoms with Crippen molar-refractivity contribution in [2.45, 2.75) is 24.8 Å². The highest BCUT2D eigenvalue weighted by Crippen LogP contribution is 2.42. The molecule has 0 spiro atoms. The second-order valence-corrected chi connectivity index (χ2v) is 8.88. The number of halogens is 1. The number of carbonyl (C=O) groups is 1. The van der Waals surface area contributed by atoms with Crippen LogP contribution in [0, 0.1) is 5.82 Å². The van der Waals surface area contributed by atoms with Gasteiger partial charge in [0.15, 0.2) is 10.5 Å². The Balaban J connectivity index is 1.84. The Kier molecular flexibility index (Phi) is 5.97. The molecule has 0 bridgehead atoms. The number of para-hydroxylation sites is 1. The van der Waals surface area contributed by atoms with Crippen LogP contribution in [0.25, 0.3) is 0 Å². The Labute approximate surface area is 172 Å². The molecule has 2 aromatic carbocycles. The number of nitrogens with one attached hydrogen (secondary N) is 1. The van der Waals surface area contributed by atoms with Crippen LogP contribution in [0.2, 0.25) is 0 Å². The van der Waals surface area contributed by atoms with E-state index in [1.54, 1.807) is 42.5 Å². The van der Waals surface area contributed by atoms with Crippen LogP contribution in [-0.4, -0.2) is 42.8 Å². The highest BCUT2D eigenvalue weighted by atomic mass is 32.2. The lowest BCUT2D eigenvalue weighted by molar-refractivity contribution is -0.114. The third-order valence-electron chi connectivity index (χ3n) is 4.08. The summed E-state index contributed by atoms with van der Waals surface area (Å²) in [6, 6.07) is 14.2. The third-order valence-corrected chi connectivity index (χ3v) is 5.62. The molecule has 1 unspecified atom stereocenters. The molecule has 1 fully saturated rings. The average molecular weight is 419 g/mol. The van der Waals surface area contributed by atoms with E-state index in [2.05, 4.69) is 10.4 Å². The van der Waals surface area contributed by atoms with Gasteiger partial charge in [0.2, 0.25) is 0 Å². The topological polar surface area (TPSA) is 68.2 Å². The van der Waals surface area contributed by atoms with Gasteiger partial charge in [-0.15, -0.1) is 0 Å². The van der Waals surface area contributed by atoms with Gasteiger partial charge in [-0.3, -0.25) is 5.21 Å². The maximum absolute atomic E-state index is 13.9. The van der Waals surface area contributed by atoms with Crippen molar-refractivity contribution in [3.8, 4) is 0 Å². The van der Waals surface area contributed by atoms with Gasteiger partial charge in [-0.05, 0) is 32.0 Å². The van der Waals surface area contributed by atoms with Crippen LogP contribution in [0.15, 0.2) is 59.7 Å². The summed E-state index contributed by atoms with van der Waals surface area (Å²) in [5.74, 6) is -0.428. The van der Waals surface area contributed by atoms with Gasteiger partial charge in [0.1, 0.15) is 5.82 Å². The predicted molar refractivity (Wildman–Crippen MR) is 113 cm³/mol. The van der Waals surface area contributed by atoms with Crippen molar-refractivity contribution >= 4 is 46.2 Å². The first-order chi connectivity index (χ1) is 13.3. The fourth-order valence-corrected chi connectivity index (χ4v) is 4.53. The van der Waals surface area contributed by atoms with Crippen molar-refractivity contribution in [3.63, 3.8) is 0 Å². The van der Waals surface area contributed by atoms with Gasteiger partial charge in [-0.2, -0.15) is 10.2 Å². The van der Waals surface area contributed by atoms with Gasteiger partial charge < -0.3 is 5.32 Å². The Morgan fingerprint density at radius 2 is 1.93 bits per heavy atom. The number of anilines is 1. The number of thiocarbonyl (C=S) groups is 1. The van der Waals surface area contributed by atoms with E-state index < -0.39 is 22.8 Å². The molecule has 28 heavy (non-hydrogen) atoms. The summed E-state index contributed by atoms with van der Waals surface area (Å²) < 4.78 is 13.6. The van der Waals surface area contributed by atoms with Crippen LogP contribution in [0.5, 0.6) is 0 Å². The van der Waals surface area contributed by atoms with E-state index in [0.717, 1.165) is 0 Å². The lowest BCUT2D eigenvalue weighted by Crippen LogP contribution is -2.54. The molecule has 3 rings (SSSR count). The number of nitrogens with zero attached hydrogens (tertiary/aromatic N) is 3. The Morgan fingerprint density at radius 1 is 1.29 bits per heavy atom. The molecule has 1 aliphatic rings. The molecule has 2 aromatic rings. The molecule has 1 saturated heterocycles. The average Bonchev–Trinajstić information content (AvgIpc) is 2.89. The largest absolute Gasteiger partial charge is 0.347 e. The SMILES string of the molecule is CC1(C)SC(=S)N(N=Cc2ccccc2F)C1N(O)C(=O)Nc1ccccc1. The minimum atomic E-state index is -0.878. The van der Waals surface area contributed by atoms with Gasteiger partial charge in [0.05, 0.1) is 11.0 Å². The molecule has 2 N–H and O–H groups in total. The smallest absolute Gasteiger partial charge is 0.306 e. The number of rotatable bonds is 4. The number of carbonyl (C=O) groups excluding carboxylic acids is 1. The molecule has 0 aliphatic carbocycles. The van der Waals surface area contributed by atoms with Crippen LogP contribution in [0.4, 0.5) is 14.9 Å². The Hall–Kier alpha value is -2.49. The van der Waals surface area contributed by atoms with E-state index in [0.29, 0.717) is 15.1 Å². The molecule has 0 saturated carbocycles. The third kappa shape index (κ3) is 4.32. The van der Waals surface area contributed by atoms with Crippen LogP contribution in [-0.2, 0) is 0 Å². The van der Waals surface area contributed by atoms with E-state index in [4.69, 9.17) is 12.2 Å². The number of hydrogen-bond acceptors (Lipinski definition) is 5. The molecule has 0 radical (unpaired) electrons. The molecular weight excluding hydrogens is 399 g/mol. The van der Waals surface area contributed by atoms with Gasteiger partial charge in [-0.25, -0.2) is 14.2 Å². The highest BCUT2D eigenvalue weighted by Gasteiger charge is 2.50. The Bertz CT molecular complexity index is 908. The molecule has 6 nitrogen and oxygen atoms in total. The first-order valence-electron chi connectivity index (χ1n) is 8.44. The zero-order valence-corrected chi connectivity index (χ0v) is 16.9. The number of hydroxylamine groups is 2. The summed E-state index contributed by atoms with van der Waals surface area (Å²) in [6.45, 7) is 3.68. The quantitative estimate of drug-likeness (QED) is 0.331. The molecule has 1 aliphatic heterocycles. The summed E-state index contributed by atoms with van der Waals surface area (Å²) in [4.78, 5) is 12.5. The molecule has 2 amide bonds. The summed E-state index contributed by atoms with van der Waals surface area (Å²) in [5, 5.41) is 19.4. The monoisotopic (exact) mass is 418 g/mol. The summed E-state index contributed by atoms with van der Waals surface area (Å²) in [7, 11) is 0. The first-order valence-corrected chi connectivity index (χ1v) is 9.67.